The standard InChI is InChI=1S/C15H17N3O4S/c1-11-3-7-15(8-4-11)23(20,21)17-10-14-6-5-13(22-14)9-16-18-12(2)19/h3-9,17H,10H2,1-2H3,(H,18,19)/b16-9-. The maximum absolute atomic E-state index is 12.1. The van der Waals surface area contributed by atoms with Crippen LogP contribution in [0.2, 0.25) is 0 Å². The summed E-state index contributed by atoms with van der Waals surface area (Å²) in [5.41, 5.74) is 3.23. The van der Waals surface area contributed by atoms with E-state index < -0.39 is 10.0 Å². The highest BCUT2D eigenvalue weighted by Gasteiger charge is 2.14. The number of amides is 1. The molecule has 7 nitrogen and oxygen atoms in total. The number of hydrogen-bond donors (Lipinski definition) is 2. The average molecular weight is 335 g/mol. The molecule has 1 aromatic heterocycles. The van der Waals surface area contributed by atoms with Gasteiger partial charge in [0.1, 0.15) is 11.5 Å². The zero-order valence-electron chi connectivity index (χ0n) is 12.7. The summed E-state index contributed by atoms with van der Waals surface area (Å²) in [5, 5.41) is 3.66. The van der Waals surface area contributed by atoms with Crippen molar-refractivity contribution in [3.05, 3.63) is 53.5 Å². The Bertz CT molecular complexity index is 808. The summed E-state index contributed by atoms with van der Waals surface area (Å²) in [6.07, 6.45) is 1.33. The summed E-state index contributed by atoms with van der Waals surface area (Å²) >= 11 is 0. The van der Waals surface area contributed by atoms with E-state index >= 15 is 0 Å². The number of hydrogen-bond acceptors (Lipinski definition) is 5. The van der Waals surface area contributed by atoms with Crippen LogP contribution in [0.1, 0.15) is 24.0 Å². The zero-order valence-corrected chi connectivity index (χ0v) is 13.6. The van der Waals surface area contributed by atoms with Crippen molar-refractivity contribution in [2.45, 2.75) is 25.3 Å². The fourth-order valence-electron chi connectivity index (χ4n) is 1.71. The van der Waals surface area contributed by atoms with Crippen LogP contribution in [0.4, 0.5) is 0 Å². The Kier molecular flexibility index (Phi) is 5.30. The van der Waals surface area contributed by atoms with Crippen LogP contribution < -0.4 is 10.1 Å². The Morgan fingerprint density at radius 3 is 2.57 bits per heavy atom. The molecule has 1 aromatic carbocycles. The van der Waals surface area contributed by atoms with Gasteiger partial charge in [-0.1, -0.05) is 17.7 Å². The maximum atomic E-state index is 12.1. The number of benzene rings is 1. The van der Waals surface area contributed by atoms with E-state index in [2.05, 4.69) is 15.2 Å². The number of rotatable bonds is 6. The lowest BCUT2D eigenvalue weighted by atomic mass is 10.2. The summed E-state index contributed by atoms with van der Waals surface area (Å²) in [6, 6.07) is 9.82. The SMILES string of the molecule is CC(=O)N/N=C\c1ccc(CNS(=O)(=O)c2ccc(C)cc2)o1. The maximum Gasteiger partial charge on any atom is 0.240 e. The molecule has 0 saturated carbocycles. The summed E-state index contributed by atoms with van der Waals surface area (Å²) in [5.74, 6) is 0.548. The molecule has 0 saturated heterocycles. The van der Waals surface area contributed by atoms with Gasteiger partial charge in [-0.25, -0.2) is 18.6 Å². The van der Waals surface area contributed by atoms with Gasteiger partial charge < -0.3 is 4.42 Å². The van der Waals surface area contributed by atoms with E-state index in [0.29, 0.717) is 11.5 Å². The molecule has 1 amide bonds. The highest BCUT2D eigenvalue weighted by atomic mass is 32.2. The van der Waals surface area contributed by atoms with Crippen LogP contribution in [0.5, 0.6) is 0 Å². The summed E-state index contributed by atoms with van der Waals surface area (Å²) in [4.78, 5) is 10.9. The predicted octanol–water partition coefficient (Wildman–Crippen LogP) is 1.54. The Balaban J connectivity index is 1.98. The van der Waals surface area contributed by atoms with E-state index in [-0.39, 0.29) is 17.3 Å². The number of nitrogens with one attached hydrogen (secondary N) is 2. The Morgan fingerprint density at radius 2 is 1.91 bits per heavy atom. The van der Waals surface area contributed by atoms with E-state index in [4.69, 9.17) is 4.42 Å². The topological polar surface area (TPSA) is 101 Å². The van der Waals surface area contributed by atoms with Crippen LogP contribution in [0.3, 0.4) is 0 Å². The van der Waals surface area contributed by atoms with Crippen LogP contribution in [0.15, 0.2) is 50.8 Å². The second-order valence-corrected chi connectivity index (χ2v) is 6.63. The van der Waals surface area contributed by atoms with Crippen molar-refractivity contribution in [1.82, 2.24) is 10.1 Å². The quantitative estimate of drug-likeness (QED) is 0.617. The van der Waals surface area contributed by atoms with Gasteiger partial charge >= 0.3 is 0 Å². The number of hydrazone groups is 1. The zero-order chi connectivity index (χ0) is 16.9. The van der Waals surface area contributed by atoms with Crippen molar-refractivity contribution in [1.29, 1.82) is 0 Å². The Labute approximate surface area is 134 Å². The van der Waals surface area contributed by atoms with E-state index in [1.165, 1.54) is 13.1 Å². The summed E-state index contributed by atoms with van der Waals surface area (Å²) in [6.45, 7) is 3.24. The first kappa shape index (κ1) is 16.9. The van der Waals surface area contributed by atoms with Gasteiger partial charge in [-0.15, -0.1) is 0 Å². The summed E-state index contributed by atoms with van der Waals surface area (Å²) in [7, 11) is -3.59. The van der Waals surface area contributed by atoms with Crippen molar-refractivity contribution in [2.24, 2.45) is 5.10 Å². The molecule has 0 aliphatic carbocycles. The van der Waals surface area contributed by atoms with Gasteiger partial charge in [0.15, 0.2) is 0 Å². The van der Waals surface area contributed by atoms with Crippen LogP contribution in [-0.2, 0) is 21.4 Å². The first-order chi connectivity index (χ1) is 10.9. The first-order valence-corrected chi connectivity index (χ1v) is 8.30. The van der Waals surface area contributed by atoms with E-state index in [0.717, 1.165) is 5.56 Å². The van der Waals surface area contributed by atoms with Gasteiger partial charge in [0, 0.05) is 6.92 Å². The molecule has 0 unspecified atom stereocenters. The molecule has 0 radical (unpaired) electrons. The molecule has 2 aromatic rings. The smallest absolute Gasteiger partial charge is 0.240 e. The van der Waals surface area contributed by atoms with Gasteiger partial charge in [0.25, 0.3) is 0 Å². The molecule has 23 heavy (non-hydrogen) atoms. The number of sulfonamides is 1. The van der Waals surface area contributed by atoms with Crippen molar-refractivity contribution in [3.8, 4) is 0 Å². The minimum absolute atomic E-state index is 0.0180. The van der Waals surface area contributed by atoms with Gasteiger partial charge in [-0.2, -0.15) is 5.10 Å². The van der Waals surface area contributed by atoms with Gasteiger partial charge in [0.05, 0.1) is 17.7 Å². The van der Waals surface area contributed by atoms with Gasteiger partial charge in [-0.05, 0) is 31.2 Å². The summed E-state index contributed by atoms with van der Waals surface area (Å²) < 4.78 is 32.1. The normalized spacial score (nSPS) is 11.7. The van der Waals surface area contributed by atoms with Crippen LogP contribution in [-0.4, -0.2) is 20.5 Å². The highest BCUT2D eigenvalue weighted by molar-refractivity contribution is 7.89. The molecular weight excluding hydrogens is 318 g/mol. The number of carbonyl (C=O) groups excluding carboxylic acids is 1. The largest absolute Gasteiger partial charge is 0.459 e. The Hall–Kier alpha value is -2.45. The van der Waals surface area contributed by atoms with Crippen LogP contribution >= 0.6 is 0 Å². The highest BCUT2D eigenvalue weighted by Crippen LogP contribution is 2.12. The second-order valence-electron chi connectivity index (χ2n) is 4.87. The van der Waals surface area contributed by atoms with E-state index in [1.807, 2.05) is 6.92 Å². The van der Waals surface area contributed by atoms with Crippen molar-refractivity contribution >= 4 is 22.1 Å². The number of nitrogens with zero attached hydrogens (tertiary/aromatic N) is 1. The van der Waals surface area contributed by atoms with Crippen molar-refractivity contribution in [2.75, 3.05) is 0 Å². The molecule has 0 aliphatic heterocycles. The fraction of sp³-hybridized carbons (Fsp3) is 0.200. The number of aryl methyl sites for hydroxylation is 1. The molecule has 0 aliphatic rings. The average Bonchev–Trinajstić information content (AvgIpc) is 2.93. The molecular formula is C15H17N3O4S. The van der Waals surface area contributed by atoms with E-state index in [1.54, 1.807) is 36.4 Å². The molecule has 0 spiro atoms. The molecule has 0 fully saturated rings. The molecule has 1 heterocycles. The predicted molar refractivity (Wildman–Crippen MR) is 85.3 cm³/mol. The molecule has 0 atom stereocenters. The van der Waals surface area contributed by atoms with Crippen molar-refractivity contribution < 1.29 is 17.6 Å². The molecule has 8 heteroatoms. The lowest BCUT2D eigenvalue weighted by Gasteiger charge is -2.05. The van der Waals surface area contributed by atoms with E-state index in [9.17, 15) is 13.2 Å². The monoisotopic (exact) mass is 335 g/mol. The molecule has 2 rings (SSSR count). The third-order valence-corrected chi connectivity index (χ3v) is 4.28. The lowest BCUT2D eigenvalue weighted by molar-refractivity contribution is -0.118. The van der Waals surface area contributed by atoms with Crippen molar-refractivity contribution in [3.63, 3.8) is 0 Å². The second kappa shape index (κ2) is 7.21. The van der Waals surface area contributed by atoms with Crippen LogP contribution in [0, 0.1) is 6.92 Å². The van der Waals surface area contributed by atoms with Crippen LogP contribution in [0.25, 0.3) is 0 Å². The fourth-order valence-corrected chi connectivity index (χ4v) is 2.71. The number of furan rings is 1. The lowest BCUT2D eigenvalue weighted by Crippen LogP contribution is -2.22. The minimum atomic E-state index is -3.59. The number of carbonyl (C=O) groups is 1. The third-order valence-electron chi connectivity index (χ3n) is 2.86. The first-order valence-electron chi connectivity index (χ1n) is 6.81. The molecule has 122 valence electrons. The Morgan fingerprint density at radius 1 is 1.22 bits per heavy atom. The third kappa shape index (κ3) is 5.04. The minimum Gasteiger partial charge on any atom is -0.459 e. The molecule has 0 bridgehead atoms. The van der Waals surface area contributed by atoms with Gasteiger partial charge in [-0.3, -0.25) is 4.79 Å². The van der Waals surface area contributed by atoms with Gasteiger partial charge in [0.2, 0.25) is 15.9 Å². The molecule has 2 N–H and O–H groups in total.